The summed E-state index contributed by atoms with van der Waals surface area (Å²) in [6, 6.07) is 6.17. The van der Waals surface area contributed by atoms with Gasteiger partial charge in [0.05, 0.1) is 16.7 Å². The van der Waals surface area contributed by atoms with Gasteiger partial charge in [-0.1, -0.05) is 17.7 Å². The molecule has 0 aromatic heterocycles. The molecule has 2 rings (SSSR count). The zero-order valence-electron chi connectivity index (χ0n) is 9.35. The number of nitrogens with zero attached hydrogens (tertiary/aromatic N) is 1. The van der Waals surface area contributed by atoms with Gasteiger partial charge in [-0.25, -0.2) is 0 Å². The van der Waals surface area contributed by atoms with Gasteiger partial charge in [0.1, 0.15) is 5.54 Å². The van der Waals surface area contributed by atoms with Gasteiger partial charge in [-0.3, -0.25) is 4.79 Å². The summed E-state index contributed by atoms with van der Waals surface area (Å²) < 4.78 is 0. The second kappa shape index (κ2) is 4.61. The molecule has 3 N–H and O–H groups in total. The van der Waals surface area contributed by atoms with Crippen LogP contribution in [0.3, 0.4) is 0 Å². The van der Waals surface area contributed by atoms with Crippen LogP contribution in [0.4, 0.5) is 0 Å². The quantitative estimate of drug-likeness (QED) is 0.660. The molecule has 18 heavy (non-hydrogen) atoms. The van der Waals surface area contributed by atoms with Gasteiger partial charge >= 0.3 is 7.12 Å². The summed E-state index contributed by atoms with van der Waals surface area (Å²) in [4.78, 5) is 11.9. The summed E-state index contributed by atoms with van der Waals surface area (Å²) in [5, 5.41) is 29.8. The average molecular weight is 264 g/mol. The first-order valence-electron chi connectivity index (χ1n) is 5.37. The Morgan fingerprint density at radius 1 is 1.50 bits per heavy atom. The lowest BCUT2D eigenvalue weighted by Crippen LogP contribution is -2.37. The first-order valence-corrected chi connectivity index (χ1v) is 5.74. The monoisotopic (exact) mass is 264 g/mol. The number of carbonyl (C=O) groups is 1. The van der Waals surface area contributed by atoms with Gasteiger partial charge in [0, 0.05) is 0 Å². The van der Waals surface area contributed by atoms with Crippen LogP contribution in [0.15, 0.2) is 18.2 Å². The first-order chi connectivity index (χ1) is 8.47. The second-order valence-corrected chi connectivity index (χ2v) is 4.67. The van der Waals surface area contributed by atoms with Crippen LogP contribution in [-0.4, -0.2) is 28.6 Å². The zero-order chi connectivity index (χ0) is 13.3. The van der Waals surface area contributed by atoms with E-state index in [1.165, 1.54) is 18.2 Å². The maximum absolute atomic E-state index is 11.9. The Kier molecular flexibility index (Phi) is 3.31. The molecule has 0 aliphatic heterocycles. The summed E-state index contributed by atoms with van der Waals surface area (Å²) in [6.07, 6.45) is 1.24. The average Bonchev–Trinajstić information content (AvgIpc) is 3.09. The van der Waals surface area contributed by atoms with Crippen LogP contribution >= 0.6 is 11.6 Å². The highest BCUT2D eigenvalue weighted by molar-refractivity contribution is 6.58. The molecule has 1 fully saturated rings. The van der Waals surface area contributed by atoms with Crippen molar-refractivity contribution < 1.29 is 14.8 Å². The topological polar surface area (TPSA) is 93.4 Å². The fraction of sp³-hybridized carbons (Fsp3) is 0.273. The van der Waals surface area contributed by atoms with Crippen LogP contribution in [0.25, 0.3) is 0 Å². The van der Waals surface area contributed by atoms with Crippen LogP contribution in [0, 0.1) is 11.3 Å². The summed E-state index contributed by atoms with van der Waals surface area (Å²) in [5.74, 6) is -0.485. The molecular formula is C11H10BClN2O3. The molecule has 1 aliphatic carbocycles. The van der Waals surface area contributed by atoms with Crippen molar-refractivity contribution in [3.05, 3.63) is 28.8 Å². The van der Waals surface area contributed by atoms with Gasteiger partial charge in [-0.05, 0) is 30.4 Å². The number of nitrogens with one attached hydrogen (secondary N) is 1. The van der Waals surface area contributed by atoms with Crippen LogP contribution < -0.4 is 10.8 Å². The first kappa shape index (κ1) is 12.9. The molecule has 92 valence electrons. The van der Waals surface area contributed by atoms with Crippen LogP contribution in [0.2, 0.25) is 5.02 Å². The minimum absolute atomic E-state index is 0.129. The van der Waals surface area contributed by atoms with E-state index in [0.717, 1.165) is 0 Å². The highest BCUT2D eigenvalue weighted by Crippen LogP contribution is 2.34. The van der Waals surface area contributed by atoms with Crippen LogP contribution in [-0.2, 0) is 0 Å². The third kappa shape index (κ3) is 2.48. The molecule has 5 nitrogen and oxygen atoms in total. The number of nitriles is 1. The van der Waals surface area contributed by atoms with Crippen molar-refractivity contribution in [2.75, 3.05) is 0 Å². The molecule has 7 heteroatoms. The third-order valence-electron chi connectivity index (χ3n) is 2.85. The fourth-order valence-corrected chi connectivity index (χ4v) is 1.76. The van der Waals surface area contributed by atoms with Gasteiger partial charge in [0.15, 0.2) is 0 Å². The van der Waals surface area contributed by atoms with Crippen molar-refractivity contribution in [3.8, 4) is 6.07 Å². The molecule has 0 atom stereocenters. The van der Waals surface area contributed by atoms with Crippen molar-refractivity contribution in [3.63, 3.8) is 0 Å². The fourth-order valence-electron chi connectivity index (χ4n) is 1.55. The standard InChI is InChI=1S/C11H10BClN2O3/c13-9-2-1-7(12(17)18)5-8(9)10(16)15-11(6-14)3-4-11/h1-2,5,17-18H,3-4H2,(H,15,16). The zero-order valence-corrected chi connectivity index (χ0v) is 10.1. The van der Waals surface area contributed by atoms with E-state index in [-0.39, 0.29) is 16.0 Å². The normalized spacial score (nSPS) is 15.7. The molecule has 0 radical (unpaired) electrons. The van der Waals surface area contributed by atoms with E-state index in [2.05, 4.69) is 5.32 Å². The summed E-state index contributed by atoms with van der Waals surface area (Å²) in [7, 11) is -1.67. The number of hydrogen-bond acceptors (Lipinski definition) is 4. The molecule has 1 aromatic rings. The van der Waals surface area contributed by atoms with Gasteiger partial charge in [0.2, 0.25) is 0 Å². The molecule has 1 aliphatic rings. The molecule has 0 saturated heterocycles. The summed E-state index contributed by atoms with van der Waals surface area (Å²) in [5.41, 5.74) is -0.482. The summed E-state index contributed by atoms with van der Waals surface area (Å²) >= 11 is 5.88. The molecule has 1 amide bonds. The van der Waals surface area contributed by atoms with Crippen molar-refractivity contribution in [1.29, 1.82) is 5.26 Å². The predicted molar refractivity (Wildman–Crippen MR) is 66.3 cm³/mol. The van der Waals surface area contributed by atoms with E-state index < -0.39 is 18.6 Å². The van der Waals surface area contributed by atoms with Crippen molar-refractivity contribution in [2.24, 2.45) is 0 Å². The Morgan fingerprint density at radius 3 is 2.67 bits per heavy atom. The predicted octanol–water partition coefficient (Wildman–Crippen LogP) is -0.194. The minimum atomic E-state index is -1.67. The highest BCUT2D eigenvalue weighted by Gasteiger charge is 2.45. The van der Waals surface area contributed by atoms with E-state index in [0.29, 0.717) is 12.8 Å². The van der Waals surface area contributed by atoms with Crippen molar-refractivity contribution >= 4 is 30.1 Å². The van der Waals surface area contributed by atoms with Crippen molar-refractivity contribution in [2.45, 2.75) is 18.4 Å². The Bertz CT molecular complexity index is 538. The van der Waals surface area contributed by atoms with Crippen molar-refractivity contribution in [1.82, 2.24) is 5.32 Å². The van der Waals surface area contributed by atoms with Gasteiger partial charge in [0.25, 0.3) is 5.91 Å². The minimum Gasteiger partial charge on any atom is -0.423 e. The smallest absolute Gasteiger partial charge is 0.423 e. The molecule has 0 heterocycles. The molecule has 1 aromatic carbocycles. The Balaban J connectivity index is 2.24. The maximum atomic E-state index is 11.9. The Hall–Kier alpha value is -1.55. The number of carbonyl (C=O) groups excluding carboxylic acids is 1. The van der Waals surface area contributed by atoms with Crippen LogP contribution in [0.5, 0.6) is 0 Å². The van der Waals surface area contributed by atoms with Gasteiger partial charge in [-0.2, -0.15) is 5.26 Å². The number of halogens is 1. The molecule has 0 bridgehead atoms. The third-order valence-corrected chi connectivity index (χ3v) is 3.18. The molecule has 0 unspecified atom stereocenters. The molecule has 1 saturated carbocycles. The van der Waals surface area contributed by atoms with E-state index in [4.69, 9.17) is 26.9 Å². The Labute approximate surface area is 109 Å². The van der Waals surface area contributed by atoms with E-state index in [1.807, 2.05) is 6.07 Å². The number of amides is 1. The highest BCUT2D eigenvalue weighted by atomic mass is 35.5. The maximum Gasteiger partial charge on any atom is 0.488 e. The lowest BCUT2D eigenvalue weighted by Gasteiger charge is -2.11. The number of rotatable bonds is 3. The van der Waals surface area contributed by atoms with Gasteiger partial charge < -0.3 is 15.4 Å². The van der Waals surface area contributed by atoms with E-state index >= 15 is 0 Å². The number of hydrogen-bond donors (Lipinski definition) is 3. The summed E-state index contributed by atoms with van der Waals surface area (Å²) in [6.45, 7) is 0. The number of benzene rings is 1. The SMILES string of the molecule is N#CC1(NC(=O)c2cc(B(O)O)ccc2Cl)CC1. The van der Waals surface area contributed by atoms with E-state index in [1.54, 1.807) is 0 Å². The lowest BCUT2D eigenvalue weighted by molar-refractivity contribution is 0.0942. The van der Waals surface area contributed by atoms with Crippen LogP contribution in [0.1, 0.15) is 23.2 Å². The van der Waals surface area contributed by atoms with Gasteiger partial charge in [-0.15, -0.1) is 0 Å². The lowest BCUT2D eigenvalue weighted by atomic mass is 9.79. The van der Waals surface area contributed by atoms with E-state index in [9.17, 15) is 4.79 Å². The molecular weight excluding hydrogens is 254 g/mol. The molecule has 0 spiro atoms. The Morgan fingerprint density at radius 2 is 2.17 bits per heavy atom. The largest absolute Gasteiger partial charge is 0.488 e. The second-order valence-electron chi connectivity index (χ2n) is 4.26.